The number of pyridine rings is 2. The van der Waals surface area contributed by atoms with Crippen molar-refractivity contribution in [3.63, 3.8) is 0 Å². The highest BCUT2D eigenvalue weighted by atomic mass is 16.5. The number of hydrogen-bond donors (Lipinski definition) is 0. The van der Waals surface area contributed by atoms with E-state index in [1.165, 1.54) is 67.6 Å². The van der Waals surface area contributed by atoms with Gasteiger partial charge in [-0.2, -0.15) is 0 Å². The van der Waals surface area contributed by atoms with Gasteiger partial charge in [-0.1, -0.05) is 170 Å². The van der Waals surface area contributed by atoms with E-state index in [0.717, 1.165) is 81.6 Å². The van der Waals surface area contributed by atoms with Gasteiger partial charge in [0.2, 0.25) is 5.88 Å². The Labute approximate surface area is 464 Å². The molecule has 390 valence electrons. The first-order chi connectivity index (χ1) is 36.9. The number of para-hydroxylation sites is 3. The largest absolute Gasteiger partial charge is 0.440 e. The molecule has 0 atom stereocenters. The van der Waals surface area contributed by atoms with Gasteiger partial charge in [0.1, 0.15) is 11.6 Å². The maximum atomic E-state index is 7.44. The molecule has 6 heterocycles. The molecule has 4 aliphatic heterocycles. The van der Waals surface area contributed by atoms with Crippen LogP contribution < -0.4 is 52.2 Å². The summed E-state index contributed by atoms with van der Waals surface area (Å²) in [5.41, 5.74) is 24.0. The van der Waals surface area contributed by atoms with Gasteiger partial charge < -0.3 is 14.5 Å². The summed E-state index contributed by atoms with van der Waals surface area (Å²) < 4.78 is 7.44. The van der Waals surface area contributed by atoms with E-state index in [1.54, 1.807) is 0 Å². The van der Waals surface area contributed by atoms with Gasteiger partial charge in [-0.25, -0.2) is 9.97 Å². The monoisotopic (exact) mass is 1020 g/mol. The Morgan fingerprint density at radius 1 is 0.397 bits per heavy atom. The lowest BCUT2D eigenvalue weighted by Crippen LogP contribution is -2.65. The third-order valence-corrected chi connectivity index (χ3v) is 19.2. The van der Waals surface area contributed by atoms with Crippen LogP contribution in [0.15, 0.2) is 140 Å². The van der Waals surface area contributed by atoms with Crippen LogP contribution in [-0.4, -0.2) is 23.4 Å². The van der Waals surface area contributed by atoms with E-state index in [0.29, 0.717) is 5.88 Å². The number of nitrogens with zero attached hydrogens (tertiary/aromatic N) is 5. The van der Waals surface area contributed by atoms with Crippen LogP contribution in [0.4, 0.5) is 51.3 Å². The Bertz CT molecular complexity index is 3840. The molecule has 0 fully saturated rings. The number of ether oxygens (including phenoxy) is 1. The minimum Gasteiger partial charge on any atom is -0.440 e. The highest BCUT2D eigenvalue weighted by Crippen LogP contribution is 2.53. The van der Waals surface area contributed by atoms with Crippen molar-refractivity contribution in [2.45, 2.75) is 155 Å². The fourth-order valence-corrected chi connectivity index (χ4v) is 14.4. The Morgan fingerprint density at radius 2 is 0.885 bits per heavy atom. The molecule has 0 saturated heterocycles. The topological polar surface area (TPSA) is 44.7 Å². The zero-order chi connectivity index (χ0) is 54.4. The number of aromatic nitrogens is 2. The molecule has 2 aromatic heterocycles. The Balaban J connectivity index is 1.10. The molecule has 6 aromatic carbocycles. The molecule has 0 unspecified atom stereocenters. The zero-order valence-corrected chi connectivity index (χ0v) is 48.4. The highest BCUT2D eigenvalue weighted by molar-refractivity contribution is 7.02. The molecule has 0 saturated carbocycles. The molecule has 6 nitrogen and oxygen atoms in total. The minimum absolute atomic E-state index is 0.0153. The van der Waals surface area contributed by atoms with Crippen molar-refractivity contribution in [3.05, 3.63) is 173 Å². The molecule has 0 bridgehead atoms. The van der Waals surface area contributed by atoms with E-state index in [9.17, 15) is 0 Å². The SMILES string of the molecule is CC(C)(C)c1cc2c3c(n1)Oc1cc4c(cc1B3c1ccccc1N2c1ccccc1)B1c2cc3c(cc2N(c2ccc5c(c2)C(C)(C)CCC5(C)C)c2nc(C(C)(C)C)cc(c21)N4c1ccccc1)C(C)(C)CCC3(C)C. The smallest absolute Gasteiger partial charge is 0.258 e. The number of fused-ring (bicyclic) bond motifs is 10. The van der Waals surface area contributed by atoms with Crippen molar-refractivity contribution in [2.75, 3.05) is 14.7 Å². The summed E-state index contributed by atoms with van der Waals surface area (Å²) in [7, 11) is 0. The van der Waals surface area contributed by atoms with E-state index in [2.05, 4.69) is 251 Å². The van der Waals surface area contributed by atoms with E-state index in [1.807, 2.05) is 0 Å². The van der Waals surface area contributed by atoms with E-state index < -0.39 is 0 Å². The second kappa shape index (κ2) is 16.3. The van der Waals surface area contributed by atoms with Crippen LogP contribution in [0.2, 0.25) is 0 Å². The van der Waals surface area contributed by atoms with Gasteiger partial charge >= 0.3 is 0 Å². The molecule has 0 spiro atoms. The second-order valence-electron chi connectivity index (χ2n) is 28.4. The normalized spacial score (nSPS) is 18.3. The summed E-state index contributed by atoms with van der Waals surface area (Å²) in [6, 6.07) is 53.3. The van der Waals surface area contributed by atoms with Crippen LogP contribution in [-0.2, 0) is 32.5 Å². The van der Waals surface area contributed by atoms with Gasteiger partial charge in [0.05, 0.1) is 11.4 Å². The summed E-state index contributed by atoms with van der Waals surface area (Å²) in [5, 5.41) is 0. The van der Waals surface area contributed by atoms with Crippen LogP contribution in [0, 0.1) is 0 Å². The van der Waals surface area contributed by atoms with Crippen molar-refractivity contribution in [1.82, 2.24) is 9.97 Å². The predicted molar refractivity (Wildman–Crippen MR) is 330 cm³/mol. The summed E-state index contributed by atoms with van der Waals surface area (Å²) >= 11 is 0. The molecule has 14 rings (SSSR count). The summed E-state index contributed by atoms with van der Waals surface area (Å²) in [6.45, 7) is 33.1. The van der Waals surface area contributed by atoms with Gasteiger partial charge in [0, 0.05) is 67.9 Å². The Hall–Kier alpha value is -7.05. The number of anilines is 9. The Kier molecular flexibility index (Phi) is 10.3. The standard InChI is InChI=1S/C70H73B2N5O/c1-65(2,3)59-40-56-61-63(73-59)77(44-29-30-45-46(35-44)68(9,10)32-31-67(45,7)8)54-37-48-47(69(11,12)33-34-70(48,13)14)36-50(54)72(61)51-38-52-58(39-55(51)76(56)43-25-19-16-20-26-43)78-64-62-57(41-60(74-64)66(4,5)6)75(42-23-17-15-18-24-42)53-28-22-21-27-49(53)71(52)62/h15-30,35-41H,31-34H2,1-14H3. The summed E-state index contributed by atoms with van der Waals surface area (Å²) in [4.78, 5) is 19.1. The quantitative estimate of drug-likeness (QED) is 0.164. The Morgan fingerprint density at radius 3 is 1.50 bits per heavy atom. The van der Waals surface area contributed by atoms with Gasteiger partial charge in [-0.05, 0) is 158 Å². The molecule has 0 N–H and O–H groups in total. The van der Waals surface area contributed by atoms with Crippen LogP contribution in [0.5, 0.6) is 11.6 Å². The van der Waals surface area contributed by atoms with Crippen LogP contribution in [0.25, 0.3) is 0 Å². The molecule has 8 aromatic rings. The summed E-state index contributed by atoms with van der Waals surface area (Å²) in [5.74, 6) is 2.55. The van der Waals surface area contributed by atoms with Crippen LogP contribution in [0.1, 0.15) is 156 Å². The number of hydrogen-bond acceptors (Lipinski definition) is 6. The fraction of sp³-hybridized carbons (Fsp3) is 0.343. The zero-order valence-electron chi connectivity index (χ0n) is 48.4. The molecular weight excluding hydrogens is 948 g/mol. The molecular formula is C70H73B2N5O. The number of rotatable bonds is 3. The van der Waals surface area contributed by atoms with Crippen LogP contribution >= 0.6 is 0 Å². The maximum absolute atomic E-state index is 7.44. The van der Waals surface area contributed by atoms with Crippen molar-refractivity contribution >= 4 is 97.5 Å². The van der Waals surface area contributed by atoms with E-state index >= 15 is 0 Å². The van der Waals surface area contributed by atoms with E-state index in [-0.39, 0.29) is 45.9 Å². The molecule has 6 aliphatic rings. The fourth-order valence-electron chi connectivity index (χ4n) is 14.4. The molecule has 2 aliphatic carbocycles. The highest BCUT2D eigenvalue weighted by Gasteiger charge is 2.51. The molecule has 0 radical (unpaired) electrons. The van der Waals surface area contributed by atoms with Crippen molar-refractivity contribution in [2.24, 2.45) is 0 Å². The lowest BCUT2D eigenvalue weighted by molar-refractivity contribution is 0.332. The first kappa shape index (κ1) is 49.3. The minimum atomic E-state index is -0.266. The van der Waals surface area contributed by atoms with Gasteiger partial charge in [0.15, 0.2) is 0 Å². The number of benzene rings is 6. The van der Waals surface area contributed by atoms with Crippen molar-refractivity contribution < 1.29 is 4.74 Å². The lowest BCUT2D eigenvalue weighted by atomic mass is 9.30. The maximum Gasteiger partial charge on any atom is 0.258 e. The third kappa shape index (κ3) is 7.15. The van der Waals surface area contributed by atoms with E-state index in [4.69, 9.17) is 14.7 Å². The third-order valence-electron chi connectivity index (χ3n) is 19.2. The van der Waals surface area contributed by atoms with Crippen LogP contribution in [0.3, 0.4) is 0 Å². The molecule has 8 heteroatoms. The molecule has 0 amide bonds. The summed E-state index contributed by atoms with van der Waals surface area (Å²) in [6.07, 6.45) is 4.57. The molecule has 78 heavy (non-hydrogen) atoms. The first-order valence-corrected chi connectivity index (χ1v) is 28.8. The first-order valence-electron chi connectivity index (χ1n) is 28.8. The average Bonchev–Trinajstić information content (AvgIpc) is 2.37. The predicted octanol–water partition coefficient (Wildman–Crippen LogP) is 14.3. The lowest BCUT2D eigenvalue weighted by Gasteiger charge is -2.48. The van der Waals surface area contributed by atoms with Gasteiger partial charge in [-0.3, -0.25) is 4.90 Å². The van der Waals surface area contributed by atoms with Crippen molar-refractivity contribution in [3.8, 4) is 11.6 Å². The van der Waals surface area contributed by atoms with Gasteiger partial charge in [0.25, 0.3) is 13.4 Å². The average molecular weight is 1020 g/mol. The van der Waals surface area contributed by atoms with Crippen molar-refractivity contribution in [1.29, 1.82) is 0 Å². The van der Waals surface area contributed by atoms with Gasteiger partial charge in [-0.15, -0.1) is 0 Å². The second-order valence-corrected chi connectivity index (χ2v) is 28.4.